The largest absolute Gasteiger partial charge is 0.444 e. The summed E-state index contributed by atoms with van der Waals surface area (Å²) in [7, 11) is 0. The fraction of sp³-hybridized carbons (Fsp3) is 0.632. The topological polar surface area (TPSA) is 50.4 Å². The summed E-state index contributed by atoms with van der Waals surface area (Å²) in [6, 6.07) is 8.74. The van der Waals surface area contributed by atoms with Crippen molar-refractivity contribution in [2.45, 2.75) is 72.1 Å². The predicted molar refractivity (Wildman–Crippen MR) is 94.6 cm³/mol. The second-order valence-corrected chi connectivity index (χ2v) is 8.13. The Balaban J connectivity index is 1.91. The van der Waals surface area contributed by atoms with E-state index in [2.05, 4.69) is 36.6 Å². The van der Waals surface area contributed by atoms with Crippen LogP contribution in [0.4, 0.5) is 10.5 Å². The summed E-state index contributed by atoms with van der Waals surface area (Å²) in [5.41, 5.74) is 2.05. The number of hydrogen-bond acceptors (Lipinski definition) is 3. The first-order valence-electron chi connectivity index (χ1n) is 8.48. The molecule has 0 aromatic heterocycles. The minimum atomic E-state index is -0.471. The van der Waals surface area contributed by atoms with E-state index in [1.54, 1.807) is 0 Å². The second-order valence-electron chi connectivity index (χ2n) is 8.13. The number of benzene rings is 1. The Morgan fingerprint density at radius 2 is 2.09 bits per heavy atom. The van der Waals surface area contributed by atoms with Crippen LogP contribution in [0.2, 0.25) is 0 Å². The number of hydrogen-bond donors (Lipinski definition) is 2. The Kier molecular flexibility index (Phi) is 5.23. The van der Waals surface area contributed by atoms with Crippen molar-refractivity contribution < 1.29 is 9.53 Å². The highest BCUT2D eigenvalue weighted by atomic mass is 16.6. The van der Waals surface area contributed by atoms with Crippen molar-refractivity contribution in [2.75, 3.05) is 5.32 Å². The molecule has 1 fully saturated rings. The molecule has 1 aromatic rings. The minimum Gasteiger partial charge on any atom is -0.444 e. The van der Waals surface area contributed by atoms with Gasteiger partial charge in [0, 0.05) is 18.3 Å². The van der Waals surface area contributed by atoms with Crippen LogP contribution in [0.5, 0.6) is 0 Å². The van der Waals surface area contributed by atoms with Gasteiger partial charge in [-0.05, 0) is 56.7 Å². The lowest BCUT2D eigenvalue weighted by molar-refractivity contribution is 0.0523. The molecule has 23 heavy (non-hydrogen) atoms. The van der Waals surface area contributed by atoms with Gasteiger partial charge in [-0.1, -0.05) is 32.4 Å². The molecule has 2 N–H and O–H groups in total. The Morgan fingerprint density at radius 3 is 2.70 bits per heavy atom. The molecule has 0 spiro atoms. The number of alkyl carbamates (subject to hydrolysis) is 1. The van der Waals surface area contributed by atoms with E-state index in [9.17, 15) is 4.79 Å². The molecule has 0 saturated heterocycles. The molecule has 0 aliphatic heterocycles. The summed E-state index contributed by atoms with van der Waals surface area (Å²) >= 11 is 0. The average molecular weight is 318 g/mol. The Hall–Kier alpha value is -1.71. The summed E-state index contributed by atoms with van der Waals surface area (Å²) in [6.45, 7) is 10.7. The van der Waals surface area contributed by atoms with Crippen molar-refractivity contribution in [1.82, 2.24) is 5.32 Å². The van der Waals surface area contributed by atoms with Crippen LogP contribution >= 0.6 is 0 Å². The fourth-order valence-corrected chi connectivity index (χ4v) is 3.05. The van der Waals surface area contributed by atoms with Crippen LogP contribution in [0.3, 0.4) is 0 Å². The maximum Gasteiger partial charge on any atom is 0.407 e. The average Bonchev–Trinajstić information content (AvgIpc) is 2.74. The van der Waals surface area contributed by atoms with Crippen LogP contribution < -0.4 is 10.6 Å². The third-order valence-electron chi connectivity index (χ3n) is 4.36. The number of carbonyl (C=O) groups is 1. The van der Waals surface area contributed by atoms with Gasteiger partial charge in [0.05, 0.1) is 0 Å². The molecule has 0 radical (unpaired) electrons. The molecule has 1 aromatic carbocycles. The summed E-state index contributed by atoms with van der Waals surface area (Å²) in [6.07, 6.45) is 3.38. The predicted octanol–water partition coefficient (Wildman–Crippen LogP) is 4.70. The molecule has 1 atom stereocenters. The molecule has 1 aliphatic rings. The number of amides is 1. The van der Waals surface area contributed by atoms with E-state index in [0.29, 0.717) is 18.0 Å². The van der Waals surface area contributed by atoms with E-state index < -0.39 is 5.60 Å². The number of ether oxygens (including phenoxy) is 1. The number of rotatable bonds is 4. The minimum absolute atomic E-state index is 0.338. The first-order valence-corrected chi connectivity index (χ1v) is 8.48. The van der Waals surface area contributed by atoms with Gasteiger partial charge in [0.25, 0.3) is 0 Å². The van der Waals surface area contributed by atoms with Crippen molar-refractivity contribution in [3.8, 4) is 0 Å². The first kappa shape index (κ1) is 17.6. The molecular formula is C19H30N2O2. The van der Waals surface area contributed by atoms with Gasteiger partial charge in [0.15, 0.2) is 0 Å². The molecule has 1 saturated carbocycles. The highest BCUT2D eigenvalue weighted by molar-refractivity contribution is 5.67. The SMILES string of the molecule is CC(C)(C)OC(=O)NCc1cccc(NC2CCCC2(C)C)c1. The van der Waals surface area contributed by atoms with Gasteiger partial charge in [0.2, 0.25) is 0 Å². The lowest BCUT2D eigenvalue weighted by Gasteiger charge is -2.29. The quantitative estimate of drug-likeness (QED) is 0.846. The second kappa shape index (κ2) is 6.81. The van der Waals surface area contributed by atoms with Crippen LogP contribution in [0.15, 0.2) is 24.3 Å². The monoisotopic (exact) mass is 318 g/mol. The number of carbonyl (C=O) groups excluding carboxylic acids is 1. The van der Waals surface area contributed by atoms with Gasteiger partial charge >= 0.3 is 6.09 Å². The zero-order valence-corrected chi connectivity index (χ0v) is 15.0. The van der Waals surface area contributed by atoms with E-state index >= 15 is 0 Å². The van der Waals surface area contributed by atoms with Crippen molar-refractivity contribution in [2.24, 2.45) is 5.41 Å². The van der Waals surface area contributed by atoms with Crippen LogP contribution in [0.25, 0.3) is 0 Å². The molecule has 4 nitrogen and oxygen atoms in total. The van der Waals surface area contributed by atoms with Crippen LogP contribution in [-0.2, 0) is 11.3 Å². The summed E-state index contributed by atoms with van der Waals surface area (Å²) in [4.78, 5) is 11.7. The third kappa shape index (κ3) is 5.45. The molecule has 1 aliphatic carbocycles. The van der Waals surface area contributed by atoms with E-state index in [4.69, 9.17) is 4.74 Å². The van der Waals surface area contributed by atoms with Crippen molar-refractivity contribution in [1.29, 1.82) is 0 Å². The smallest absolute Gasteiger partial charge is 0.407 e. The third-order valence-corrected chi connectivity index (χ3v) is 4.36. The molecule has 0 heterocycles. The van der Waals surface area contributed by atoms with Crippen molar-refractivity contribution in [3.05, 3.63) is 29.8 Å². The summed E-state index contributed by atoms with van der Waals surface area (Å²) in [5, 5.41) is 6.46. The highest BCUT2D eigenvalue weighted by Gasteiger charge is 2.34. The number of nitrogens with one attached hydrogen (secondary N) is 2. The van der Waals surface area contributed by atoms with Crippen LogP contribution in [0.1, 0.15) is 59.4 Å². The van der Waals surface area contributed by atoms with Gasteiger partial charge < -0.3 is 15.4 Å². The Labute approximate surface area is 140 Å². The Morgan fingerprint density at radius 1 is 1.35 bits per heavy atom. The van der Waals surface area contributed by atoms with Gasteiger partial charge in [-0.15, -0.1) is 0 Å². The summed E-state index contributed by atoms with van der Waals surface area (Å²) in [5.74, 6) is 0. The molecule has 0 bridgehead atoms. The first-order chi connectivity index (χ1) is 10.7. The zero-order chi connectivity index (χ0) is 17.1. The lowest BCUT2D eigenvalue weighted by atomic mass is 9.87. The van der Waals surface area contributed by atoms with Gasteiger partial charge in [-0.2, -0.15) is 0 Å². The van der Waals surface area contributed by atoms with Gasteiger partial charge in [-0.25, -0.2) is 4.79 Å². The van der Waals surface area contributed by atoms with E-state index in [1.807, 2.05) is 32.9 Å². The Bertz CT molecular complexity index is 547. The zero-order valence-electron chi connectivity index (χ0n) is 15.0. The molecule has 128 valence electrons. The van der Waals surface area contributed by atoms with Crippen molar-refractivity contribution in [3.63, 3.8) is 0 Å². The van der Waals surface area contributed by atoms with Gasteiger partial charge in [0.1, 0.15) is 5.60 Å². The molecule has 4 heteroatoms. The van der Waals surface area contributed by atoms with E-state index in [0.717, 1.165) is 11.3 Å². The van der Waals surface area contributed by atoms with Crippen LogP contribution in [0, 0.1) is 5.41 Å². The van der Waals surface area contributed by atoms with Gasteiger partial charge in [-0.3, -0.25) is 0 Å². The standard InChI is InChI=1S/C19H30N2O2/c1-18(2,3)23-17(22)20-13-14-8-6-9-15(12-14)21-16-10-7-11-19(16,4)5/h6,8-9,12,16,21H,7,10-11,13H2,1-5H3,(H,20,22). The fourth-order valence-electron chi connectivity index (χ4n) is 3.05. The number of anilines is 1. The summed E-state index contributed by atoms with van der Waals surface area (Å²) < 4.78 is 5.26. The van der Waals surface area contributed by atoms with Crippen molar-refractivity contribution >= 4 is 11.8 Å². The normalized spacial score (nSPS) is 20.1. The molecule has 2 rings (SSSR count). The highest BCUT2D eigenvalue weighted by Crippen LogP contribution is 2.39. The lowest BCUT2D eigenvalue weighted by Crippen LogP contribution is -2.32. The van der Waals surface area contributed by atoms with E-state index in [1.165, 1.54) is 19.3 Å². The maximum atomic E-state index is 11.7. The van der Waals surface area contributed by atoms with E-state index in [-0.39, 0.29) is 6.09 Å². The maximum absolute atomic E-state index is 11.7. The molecule has 1 unspecified atom stereocenters. The molecule has 1 amide bonds. The van der Waals surface area contributed by atoms with Crippen LogP contribution in [-0.4, -0.2) is 17.7 Å². The molecular weight excluding hydrogens is 288 g/mol.